The molecule has 2 heterocycles. The molecule has 0 N–H and O–H groups in total. The normalized spacial score (nSPS) is 20.4. The first-order valence-electron chi connectivity index (χ1n) is 9.62. The van der Waals surface area contributed by atoms with E-state index in [0.717, 1.165) is 5.56 Å². The highest BCUT2D eigenvalue weighted by atomic mass is 35.5. The van der Waals surface area contributed by atoms with Gasteiger partial charge in [-0.1, -0.05) is 79.0 Å². The second kappa shape index (κ2) is 9.08. The van der Waals surface area contributed by atoms with Crippen LogP contribution >= 0.6 is 23.4 Å². The highest BCUT2D eigenvalue weighted by molar-refractivity contribution is 8.16. The lowest BCUT2D eigenvalue weighted by molar-refractivity contribution is -0.161. The van der Waals surface area contributed by atoms with Gasteiger partial charge in [-0.25, -0.2) is 4.79 Å². The van der Waals surface area contributed by atoms with E-state index in [1.54, 1.807) is 24.3 Å². The zero-order valence-electron chi connectivity index (χ0n) is 16.4. The first-order chi connectivity index (χ1) is 15.0. The highest BCUT2D eigenvalue weighted by Gasteiger charge is 2.57. The van der Waals surface area contributed by atoms with Gasteiger partial charge in [-0.15, -0.1) is 11.6 Å². The number of alkyl halides is 1. The van der Waals surface area contributed by atoms with Crippen molar-refractivity contribution < 1.29 is 19.1 Å². The van der Waals surface area contributed by atoms with Crippen LogP contribution in [0.5, 0.6) is 0 Å². The van der Waals surface area contributed by atoms with Crippen LogP contribution in [0.3, 0.4) is 0 Å². The van der Waals surface area contributed by atoms with Crippen LogP contribution in [-0.4, -0.2) is 50.9 Å². The number of amides is 1. The van der Waals surface area contributed by atoms with Gasteiger partial charge >= 0.3 is 5.97 Å². The van der Waals surface area contributed by atoms with E-state index in [9.17, 15) is 14.4 Å². The Balaban J connectivity index is 1.48. The van der Waals surface area contributed by atoms with Crippen molar-refractivity contribution in [2.24, 2.45) is 4.99 Å². The summed E-state index contributed by atoms with van der Waals surface area (Å²) in [4.78, 5) is 44.1. The molecule has 3 unspecified atom stereocenters. The van der Waals surface area contributed by atoms with Crippen molar-refractivity contribution in [2.75, 3.05) is 5.88 Å². The first-order valence-corrected chi connectivity index (χ1v) is 11.0. The summed E-state index contributed by atoms with van der Waals surface area (Å²) in [6.45, 7) is 3.94. The third-order valence-electron chi connectivity index (χ3n) is 5.05. The number of thioether (sulfide) groups is 1. The standard InChI is InChI=1S/C23H19ClN2O4S/c1-14(12-24)18(23(29)30-13-15-8-4-2-5-9-15)26-21(28)17-22(26)31-20(25-17)19(27)16-10-6-3-7-11-16/h2-11,17-18,22H,1,12-13H2. The number of benzene rings is 2. The fourth-order valence-electron chi connectivity index (χ4n) is 3.44. The zero-order chi connectivity index (χ0) is 22.0. The lowest BCUT2D eigenvalue weighted by Gasteiger charge is -2.45. The molecule has 3 atom stereocenters. The summed E-state index contributed by atoms with van der Waals surface area (Å²) in [6.07, 6.45) is 0. The molecule has 1 amide bonds. The Morgan fingerprint density at radius 3 is 2.42 bits per heavy atom. The summed E-state index contributed by atoms with van der Waals surface area (Å²) in [5.74, 6) is -1.20. The summed E-state index contributed by atoms with van der Waals surface area (Å²) < 4.78 is 5.44. The molecule has 1 fully saturated rings. The Kier molecular flexibility index (Phi) is 6.25. The predicted molar refractivity (Wildman–Crippen MR) is 120 cm³/mol. The fourth-order valence-corrected chi connectivity index (χ4v) is 4.86. The maximum Gasteiger partial charge on any atom is 0.333 e. The third-order valence-corrected chi connectivity index (χ3v) is 6.64. The number of rotatable bonds is 8. The largest absolute Gasteiger partial charge is 0.459 e. The van der Waals surface area contributed by atoms with Crippen LogP contribution in [0.4, 0.5) is 0 Å². The van der Waals surface area contributed by atoms with Gasteiger partial charge in [0, 0.05) is 11.4 Å². The number of carbonyl (C=O) groups is 3. The van der Waals surface area contributed by atoms with Crippen molar-refractivity contribution in [2.45, 2.75) is 24.1 Å². The quantitative estimate of drug-likeness (QED) is 0.201. The summed E-state index contributed by atoms with van der Waals surface area (Å²) in [7, 11) is 0. The lowest BCUT2D eigenvalue weighted by atomic mass is 10.00. The number of aliphatic imine (C=N–C) groups is 1. The molecule has 158 valence electrons. The Bertz CT molecular complexity index is 1060. The van der Waals surface area contributed by atoms with Crippen molar-refractivity contribution in [3.63, 3.8) is 0 Å². The topological polar surface area (TPSA) is 76.0 Å². The number of fused-ring (bicyclic) bond motifs is 1. The number of ether oxygens (including phenoxy) is 1. The molecule has 2 aromatic rings. The van der Waals surface area contributed by atoms with Crippen LogP contribution in [0.15, 0.2) is 77.8 Å². The molecule has 2 aliphatic rings. The summed E-state index contributed by atoms with van der Waals surface area (Å²) >= 11 is 7.12. The van der Waals surface area contributed by atoms with E-state index >= 15 is 0 Å². The van der Waals surface area contributed by atoms with E-state index in [1.165, 1.54) is 16.7 Å². The molecule has 0 aliphatic carbocycles. The number of halogens is 1. The number of carbonyl (C=O) groups excluding carboxylic acids is 3. The number of β-lactam (4-membered cyclic amide) rings is 1. The SMILES string of the molecule is C=C(CCl)C(C(=O)OCc1ccccc1)N1C(=O)C2N=C(C(=O)c3ccccc3)SC21. The predicted octanol–water partition coefficient (Wildman–Crippen LogP) is 3.46. The summed E-state index contributed by atoms with van der Waals surface area (Å²) in [5.41, 5.74) is 1.68. The van der Waals surface area contributed by atoms with Crippen LogP contribution in [0.1, 0.15) is 15.9 Å². The molecule has 0 bridgehead atoms. The molecule has 1 saturated heterocycles. The minimum atomic E-state index is -1.02. The van der Waals surface area contributed by atoms with Crippen molar-refractivity contribution >= 4 is 46.1 Å². The molecule has 2 aliphatic heterocycles. The van der Waals surface area contributed by atoms with Gasteiger partial charge in [0.05, 0.1) is 0 Å². The van der Waals surface area contributed by atoms with Gasteiger partial charge in [-0.3, -0.25) is 14.6 Å². The molecule has 8 heteroatoms. The maximum absolute atomic E-state index is 12.9. The Morgan fingerprint density at radius 1 is 1.13 bits per heavy atom. The van der Waals surface area contributed by atoms with Crippen LogP contribution in [0, 0.1) is 0 Å². The van der Waals surface area contributed by atoms with Gasteiger partial charge in [-0.2, -0.15) is 0 Å². The number of Topliss-reactive ketones (excluding diaryl/α,β-unsaturated/α-hetero) is 1. The van der Waals surface area contributed by atoms with Crippen molar-refractivity contribution in [3.05, 3.63) is 83.9 Å². The van der Waals surface area contributed by atoms with Gasteiger partial charge < -0.3 is 9.64 Å². The van der Waals surface area contributed by atoms with Crippen LogP contribution in [-0.2, 0) is 20.9 Å². The van der Waals surface area contributed by atoms with Crippen LogP contribution in [0.25, 0.3) is 0 Å². The van der Waals surface area contributed by atoms with Gasteiger partial charge in [-0.05, 0) is 11.1 Å². The monoisotopic (exact) mass is 454 g/mol. The minimum Gasteiger partial charge on any atom is -0.459 e. The van der Waals surface area contributed by atoms with Crippen LogP contribution < -0.4 is 0 Å². The molecule has 0 saturated carbocycles. The van der Waals surface area contributed by atoms with Crippen LogP contribution in [0.2, 0.25) is 0 Å². The van der Waals surface area contributed by atoms with Gasteiger partial charge in [0.15, 0.2) is 12.1 Å². The summed E-state index contributed by atoms with van der Waals surface area (Å²) in [5, 5.41) is -0.214. The van der Waals surface area contributed by atoms with E-state index < -0.39 is 23.4 Å². The second-order valence-corrected chi connectivity index (χ2v) is 8.49. The Hall–Kier alpha value is -2.90. The van der Waals surface area contributed by atoms with E-state index in [1.807, 2.05) is 36.4 Å². The zero-order valence-corrected chi connectivity index (χ0v) is 18.0. The van der Waals surface area contributed by atoms with E-state index in [0.29, 0.717) is 11.1 Å². The number of nitrogens with zero attached hydrogens (tertiary/aromatic N) is 2. The molecule has 2 aromatic carbocycles. The Labute approximate surface area is 188 Å². The number of hydrogen-bond donors (Lipinski definition) is 0. The molecular formula is C23H19ClN2O4S. The molecule has 0 spiro atoms. The molecule has 0 aromatic heterocycles. The van der Waals surface area contributed by atoms with Gasteiger partial charge in [0.2, 0.25) is 5.78 Å². The molecule has 31 heavy (non-hydrogen) atoms. The van der Waals surface area contributed by atoms with Gasteiger partial charge in [0.25, 0.3) is 5.91 Å². The lowest BCUT2D eigenvalue weighted by Crippen LogP contribution is -2.66. The minimum absolute atomic E-state index is 0.00635. The molecule has 4 rings (SSSR count). The molecular weight excluding hydrogens is 436 g/mol. The number of esters is 1. The average Bonchev–Trinajstić information content (AvgIpc) is 3.21. The van der Waals surface area contributed by atoms with Crippen molar-refractivity contribution in [1.29, 1.82) is 0 Å². The van der Waals surface area contributed by atoms with E-state index in [2.05, 4.69) is 11.6 Å². The Morgan fingerprint density at radius 2 is 1.77 bits per heavy atom. The smallest absolute Gasteiger partial charge is 0.333 e. The number of ketones is 1. The molecule has 6 nitrogen and oxygen atoms in total. The highest BCUT2D eigenvalue weighted by Crippen LogP contribution is 2.42. The number of likely N-dealkylation sites (tertiary alicyclic amines) is 1. The van der Waals surface area contributed by atoms with Gasteiger partial charge in [0.1, 0.15) is 17.0 Å². The first kappa shape index (κ1) is 21.3. The average molecular weight is 455 g/mol. The van der Waals surface area contributed by atoms with E-state index in [-0.39, 0.29) is 29.2 Å². The van der Waals surface area contributed by atoms with Crippen molar-refractivity contribution in [1.82, 2.24) is 4.90 Å². The molecule has 0 radical (unpaired) electrons. The van der Waals surface area contributed by atoms with E-state index in [4.69, 9.17) is 16.3 Å². The maximum atomic E-state index is 12.9. The fraction of sp³-hybridized carbons (Fsp3) is 0.217. The van der Waals surface area contributed by atoms with Crippen molar-refractivity contribution in [3.8, 4) is 0 Å². The summed E-state index contributed by atoms with van der Waals surface area (Å²) in [6, 6.07) is 16.3. The third kappa shape index (κ3) is 4.16. The second-order valence-electron chi connectivity index (χ2n) is 7.12. The number of hydrogen-bond acceptors (Lipinski definition) is 6.